The van der Waals surface area contributed by atoms with Crippen molar-refractivity contribution in [3.05, 3.63) is 0 Å². The Kier molecular flexibility index (Phi) is 3.50. The molecule has 4 nitrogen and oxygen atoms in total. The first-order valence-electron chi connectivity index (χ1n) is 4.97. The quantitative estimate of drug-likeness (QED) is 0.639. The van der Waals surface area contributed by atoms with Crippen LogP contribution in [0.4, 0.5) is 0 Å². The van der Waals surface area contributed by atoms with E-state index < -0.39 is 0 Å². The molecule has 0 spiro atoms. The molecular weight excluding hydrogens is 182 g/mol. The largest absolute Gasteiger partial charge is 0.466 e. The molecule has 0 aromatic rings. The standard InChI is InChI=1S/C10H19NO3/c1-5-13-9(12)6-8-11(4)10(2,3)7-14-8/h8H,5-7H2,1-4H3. The molecule has 1 fully saturated rings. The second kappa shape index (κ2) is 4.28. The van der Waals surface area contributed by atoms with Crippen molar-refractivity contribution in [2.24, 2.45) is 0 Å². The van der Waals surface area contributed by atoms with Crippen LogP contribution in [0.25, 0.3) is 0 Å². The lowest BCUT2D eigenvalue weighted by molar-refractivity contribution is -0.147. The number of rotatable bonds is 3. The van der Waals surface area contributed by atoms with Gasteiger partial charge in [0.25, 0.3) is 0 Å². The maximum atomic E-state index is 11.2. The molecule has 1 aliphatic heterocycles. The predicted octanol–water partition coefficient (Wildman–Crippen LogP) is 1.01. The Balaban J connectivity index is 2.44. The van der Waals surface area contributed by atoms with E-state index in [1.54, 1.807) is 6.92 Å². The molecule has 82 valence electrons. The van der Waals surface area contributed by atoms with Crippen molar-refractivity contribution in [1.29, 1.82) is 0 Å². The van der Waals surface area contributed by atoms with E-state index in [1.165, 1.54) is 0 Å². The topological polar surface area (TPSA) is 38.8 Å². The normalized spacial score (nSPS) is 26.4. The molecule has 1 rings (SSSR count). The average Bonchev–Trinajstić information content (AvgIpc) is 2.33. The lowest BCUT2D eigenvalue weighted by Gasteiger charge is -2.28. The summed E-state index contributed by atoms with van der Waals surface area (Å²) in [7, 11) is 1.97. The zero-order valence-electron chi connectivity index (χ0n) is 9.37. The second-order valence-electron chi connectivity index (χ2n) is 4.20. The first-order valence-corrected chi connectivity index (χ1v) is 4.97. The Bertz CT molecular complexity index is 215. The lowest BCUT2D eigenvalue weighted by atomic mass is 10.1. The van der Waals surface area contributed by atoms with E-state index in [-0.39, 0.29) is 17.7 Å². The molecule has 14 heavy (non-hydrogen) atoms. The minimum Gasteiger partial charge on any atom is -0.466 e. The third kappa shape index (κ3) is 2.45. The van der Waals surface area contributed by atoms with Crippen LogP contribution in [0.15, 0.2) is 0 Å². The van der Waals surface area contributed by atoms with E-state index >= 15 is 0 Å². The van der Waals surface area contributed by atoms with Crippen LogP contribution in [0.5, 0.6) is 0 Å². The molecule has 0 aromatic heterocycles. The Morgan fingerprint density at radius 2 is 2.29 bits per heavy atom. The summed E-state index contributed by atoms with van der Waals surface area (Å²) in [4.78, 5) is 13.3. The molecule has 0 amide bonds. The van der Waals surface area contributed by atoms with Crippen LogP contribution < -0.4 is 0 Å². The third-order valence-electron chi connectivity index (χ3n) is 2.66. The Morgan fingerprint density at radius 3 is 2.71 bits per heavy atom. The van der Waals surface area contributed by atoms with Crippen molar-refractivity contribution >= 4 is 5.97 Å². The second-order valence-corrected chi connectivity index (χ2v) is 4.20. The van der Waals surface area contributed by atoms with Gasteiger partial charge in [0.15, 0.2) is 0 Å². The summed E-state index contributed by atoms with van der Waals surface area (Å²) >= 11 is 0. The van der Waals surface area contributed by atoms with Crippen LogP contribution in [-0.2, 0) is 14.3 Å². The van der Waals surface area contributed by atoms with E-state index in [0.29, 0.717) is 19.6 Å². The number of carbonyl (C=O) groups excluding carboxylic acids is 1. The maximum absolute atomic E-state index is 11.2. The highest BCUT2D eigenvalue weighted by molar-refractivity contribution is 5.69. The fraction of sp³-hybridized carbons (Fsp3) is 0.900. The van der Waals surface area contributed by atoms with Crippen molar-refractivity contribution < 1.29 is 14.3 Å². The highest BCUT2D eigenvalue weighted by Gasteiger charge is 2.38. The molecule has 0 saturated carbocycles. The van der Waals surface area contributed by atoms with Crippen LogP contribution >= 0.6 is 0 Å². The van der Waals surface area contributed by atoms with Crippen LogP contribution in [0.2, 0.25) is 0 Å². The fourth-order valence-electron chi connectivity index (χ4n) is 1.46. The van der Waals surface area contributed by atoms with Crippen molar-refractivity contribution in [2.45, 2.75) is 39.0 Å². The van der Waals surface area contributed by atoms with Crippen LogP contribution in [-0.4, -0.2) is 42.9 Å². The number of esters is 1. The fourth-order valence-corrected chi connectivity index (χ4v) is 1.46. The van der Waals surface area contributed by atoms with Gasteiger partial charge in [-0.2, -0.15) is 0 Å². The van der Waals surface area contributed by atoms with E-state index in [4.69, 9.17) is 9.47 Å². The molecule has 1 atom stereocenters. The molecule has 0 aliphatic carbocycles. The molecular formula is C10H19NO3. The summed E-state index contributed by atoms with van der Waals surface area (Å²) in [5.74, 6) is -0.193. The van der Waals surface area contributed by atoms with E-state index in [9.17, 15) is 4.79 Å². The van der Waals surface area contributed by atoms with Gasteiger partial charge in [-0.15, -0.1) is 0 Å². The number of carbonyl (C=O) groups is 1. The summed E-state index contributed by atoms with van der Waals surface area (Å²) in [5.41, 5.74) is 0.0111. The van der Waals surface area contributed by atoms with Gasteiger partial charge in [0.05, 0.1) is 19.6 Å². The molecule has 1 unspecified atom stereocenters. The summed E-state index contributed by atoms with van der Waals surface area (Å²) in [6.07, 6.45) is 0.178. The number of ether oxygens (including phenoxy) is 2. The number of hydrogen-bond donors (Lipinski definition) is 0. The van der Waals surface area contributed by atoms with Crippen molar-refractivity contribution in [1.82, 2.24) is 4.90 Å². The molecule has 4 heteroatoms. The highest BCUT2D eigenvalue weighted by atomic mass is 16.5. The summed E-state index contributed by atoms with van der Waals surface area (Å²) in [6.45, 7) is 7.09. The van der Waals surface area contributed by atoms with Gasteiger partial charge in [-0.1, -0.05) is 0 Å². The molecule has 1 aliphatic rings. The molecule has 1 heterocycles. The van der Waals surface area contributed by atoms with Crippen LogP contribution in [0.1, 0.15) is 27.2 Å². The average molecular weight is 201 g/mol. The Labute approximate surface area is 85.2 Å². The smallest absolute Gasteiger partial charge is 0.309 e. The zero-order valence-corrected chi connectivity index (χ0v) is 9.37. The zero-order chi connectivity index (χ0) is 10.8. The SMILES string of the molecule is CCOC(=O)CC1OCC(C)(C)N1C. The maximum Gasteiger partial charge on any atom is 0.309 e. The predicted molar refractivity (Wildman–Crippen MR) is 52.8 cm³/mol. The van der Waals surface area contributed by atoms with E-state index in [0.717, 1.165) is 0 Å². The molecule has 0 N–H and O–H groups in total. The minimum absolute atomic E-state index is 0.0111. The Hall–Kier alpha value is -0.610. The van der Waals surface area contributed by atoms with Gasteiger partial charge in [-0.05, 0) is 27.8 Å². The molecule has 0 radical (unpaired) electrons. The molecule has 0 bridgehead atoms. The molecule has 1 saturated heterocycles. The van der Waals surface area contributed by atoms with Gasteiger partial charge < -0.3 is 9.47 Å². The van der Waals surface area contributed by atoms with Crippen molar-refractivity contribution in [3.63, 3.8) is 0 Å². The van der Waals surface area contributed by atoms with E-state index in [1.807, 2.05) is 7.05 Å². The number of hydrogen-bond acceptors (Lipinski definition) is 4. The lowest BCUT2D eigenvalue weighted by Crippen LogP contribution is -2.41. The van der Waals surface area contributed by atoms with Gasteiger partial charge in [-0.25, -0.2) is 0 Å². The summed E-state index contributed by atoms with van der Waals surface area (Å²) in [6, 6.07) is 0. The monoisotopic (exact) mass is 201 g/mol. The van der Waals surface area contributed by atoms with Gasteiger partial charge in [0.1, 0.15) is 6.23 Å². The number of likely N-dealkylation sites (N-methyl/N-ethyl adjacent to an activating group) is 1. The van der Waals surface area contributed by atoms with E-state index in [2.05, 4.69) is 18.7 Å². The van der Waals surface area contributed by atoms with Crippen LogP contribution in [0, 0.1) is 0 Å². The number of nitrogens with zero attached hydrogens (tertiary/aromatic N) is 1. The third-order valence-corrected chi connectivity index (χ3v) is 2.66. The van der Waals surface area contributed by atoms with Gasteiger partial charge in [-0.3, -0.25) is 9.69 Å². The minimum atomic E-state index is -0.193. The van der Waals surface area contributed by atoms with Gasteiger partial charge in [0, 0.05) is 5.54 Å². The van der Waals surface area contributed by atoms with Crippen molar-refractivity contribution in [3.8, 4) is 0 Å². The summed E-state index contributed by atoms with van der Waals surface area (Å²) in [5, 5.41) is 0. The highest BCUT2D eigenvalue weighted by Crippen LogP contribution is 2.26. The summed E-state index contributed by atoms with van der Waals surface area (Å²) < 4.78 is 10.4. The Morgan fingerprint density at radius 1 is 1.64 bits per heavy atom. The van der Waals surface area contributed by atoms with Crippen molar-refractivity contribution in [2.75, 3.05) is 20.3 Å². The van der Waals surface area contributed by atoms with Crippen LogP contribution in [0.3, 0.4) is 0 Å². The first-order chi connectivity index (χ1) is 6.47. The first kappa shape index (κ1) is 11.5. The van der Waals surface area contributed by atoms with Gasteiger partial charge in [0.2, 0.25) is 0 Å². The molecule has 0 aromatic carbocycles. The van der Waals surface area contributed by atoms with Gasteiger partial charge >= 0.3 is 5.97 Å².